The minimum absolute atomic E-state index is 0.168. The van der Waals surface area contributed by atoms with Crippen LogP contribution in [0.2, 0.25) is 5.02 Å². The van der Waals surface area contributed by atoms with Crippen molar-refractivity contribution in [2.75, 3.05) is 13.2 Å². The van der Waals surface area contributed by atoms with Gasteiger partial charge in [-0.3, -0.25) is 0 Å². The average molecular weight is 406 g/mol. The number of halogens is 1. The minimum atomic E-state index is -3.48. The number of oxazole rings is 1. The van der Waals surface area contributed by atoms with Crippen LogP contribution in [0.1, 0.15) is 11.3 Å². The summed E-state index contributed by atoms with van der Waals surface area (Å²) in [5.41, 5.74) is 1.60. The Morgan fingerprint density at radius 3 is 2.70 bits per heavy atom. The number of sulfone groups is 1. The van der Waals surface area contributed by atoms with Crippen LogP contribution in [0.25, 0.3) is 11.5 Å². The lowest BCUT2D eigenvalue weighted by molar-refractivity contribution is 0.170. The van der Waals surface area contributed by atoms with Crippen LogP contribution in [0, 0.1) is 0 Å². The Morgan fingerprint density at radius 1 is 1.04 bits per heavy atom. The standard InChI is InChI=1S/C19H16ClNO5S/c20-15-5-1-3-13(9-15)19-21-16(10-26-19)12-27(22,23)11-14-4-2-6-17-18(14)25-8-7-24-17/h1-6,9-10H,7-8,11-12H2. The van der Waals surface area contributed by atoms with Gasteiger partial charge in [-0.15, -0.1) is 0 Å². The molecule has 4 rings (SSSR count). The van der Waals surface area contributed by atoms with Gasteiger partial charge in [0.1, 0.15) is 19.5 Å². The molecule has 0 radical (unpaired) electrons. The van der Waals surface area contributed by atoms with Crippen molar-refractivity contribution in [3.8, 4) is 23.0 Å². The average Bonchev–Trinajstić information content (AvgIpc) is 3.09. The Kier molecular flexibility index (Phi) is 4.80. The quantitative estimate of drug-likeness (QED) is 0.641. The predicted octanol–water partition coefficient (Wildman–Crippen LogP) is 3.88. The Hall–Kier alpha value is -2.51. The molecule has 0 N–H and O–H groups in total. The second-order valence-corrected chi connectivity index (χ2v) is 8.63. The molecule has 1 aromatic heterocycles. The second-order valence-electron chi connectivity index (χ2n) is 6.13. The third kappa shape index (κ3) is 4.09. The van der Waals surface area contributed by atoms with Gasteiger partial charge in [0.2, 0.25) is 5.89 Å². The highest BCUT2D eigenvalue weighted by molar-refractivity contribution is 7.89. The number of aromatic nitrogens is 1. The molecule has 1 aliphatic rings. The Balaban J connectivity index is 1.53. The molecule has 0 spiro atoms. The molecule has 0 aliphatic carbocycles. The number of para-hydroxylation sites is 1. The molecule has 8 heteroatoms. The van der Waals surface area contributed by atoms with Crippen molar-refractivity contribution in [3.63, 3.8) is 0 Å². The summed E-state index contributed by atoms with van der Waals surface area (Å²) in [7, 11) is -3.48. The number of benzene rings is 2. The molecule has 0 atom stereocenters. The van der Waals surface area contributed by atoms with Gasteiger partial charge < -0.3 is 13.9 Å². The largest absolute Gasteiger partial charge is 0.486 e. The Morgan fingerprint density at radius 2 is 1.85 bits per heavy atom. The zero-order chi connectivity index (χ0) is 18.9. The molecular formula is C19H16ClNO5S. The SMILES string of the molecule is O=S(=O)(Cc1coc(-c2cccc(Cl)c2)n1)Cc1cccc2c1OCCO2. The van der Waals surface area contributed by atoms with Gasteiger partial charge >= 0.3 is 0 Å². The first-order valence-corrected chi connectivity index (χ1v) is 10.5. The van der Waals surface area contributed by atoms with E-state index in [1.807, 2.05) is 0 Å². The predicted molar refractivity (Wildman–Crippen MR) is 101 cm³/mol. The summed E-state index contributed by atoms with van der Waals surface area (Å²) in [6.07, 6.45) is 1.36. The van der Waals surface area contributed by atoms with Crippen molar-refractivity contribution >= 4 is 21.4 Å². The van der Waals surface area contributed by atoms with E-state index in [0.29, 0.717) is 52.4 Å². The third-order valence-corrected chi connectivity index (χ3v) is 5.74. The van der Waals surface area contributed by atoms with Gasteiger partial charge in [-0.2, -0.15) is 0 Å². The van der Waals surface area contributed by atoms with Crippen LogP contribution in [-0.2, 0) is 21.3 Å². The molecule has 6 nitrogen and oxygen atoms in total. The topological polar surface area (TPSA) is 78.6 Å². The van der Waals surface area contributed by atoms with Crippen molar-refractivity contribution in [2.24, 2.45) is 0 Å². The molecular weight excluding hydrogens is 390 g/mol. The smallest absolute Gasteiger partial charge is 0.226 e. The highest BCUT2D eigenvalue weighted by Crippen LogP contribution is 2.35. The van der Waals surface area contributed by atoms with Crippen molar-refractivity contribution in [1.29, 1.82) is 0 Å². The lowest BCUT2D eigenvalue weighted by Gasteiger charge is -2.20. The van der Waals surface area contributed by atoms with E-state index >= 15 is 0 Å². The van der Waals surface area contributed by atoms with E-state index in [1.165, 1.54) is 6.26 Å². The molecule has 0 unspecified atom stereocenters. The lowest BCUT2D eigenvalue weighted by atomic mass is 10.2. The van der Waals surface area contributed by atoms with E-state index in [1.54, 1.807) is 42.5 Å². The zero-order valence-electron chi connectivity index (χ0n) is 14.2. The molecule has 2 aromatic carbocycles. The van der Waals surface area contributed by atoms with Crippen LogP contribution in [-0.4, -0.2) is 26.6 Å². The van der Waals surface area contributed by atoms with Crippen LogP contribution < -0.4 is 9.47 Å². The number of rotatable bonds is 5. The fourth-order valence-corrected chi connectivity index (χ4v) is 4.47. The first kappa shape index (κ1) is 17.9. The fraction of sp³-hybridized carbons (Fsp3) is 0.211. The molecule has 0 bridgehead atoms. The summed E-state index contributed by atoms with van der Waals surface area (Å²) in [6.45, 7) is 0.852. The maximum Gasteiger partial charge on any atom is 0.226 e. The van der Waals surface area contributed by atoms with Crippen molar-refractivity contribution in [3.05, 3.63) is 65.0 Å². The van der Waals surface area contributed by atoms with Crippen LogP contribution in [0.15, 0.2) is 53.1 Å². The van der Waals surface area contributed by atoms with Crippen LogP contribution in [0.4, 0.5) is 0 Å². The van der Waals surface area contributed by atoms with Gasteiger partial charge in [0.05, 0.1) is 17.2 Å². The monoisotopic (exact) mass is 405 g/mol. The molecule has 0 fully saturated rings. The van der Waals surface area contributed by atoms with E-state index in [9.17, 15) is 8.42 Å². The zero-order valence-corrected chi connectivity index (χ0v) is 15.8. The maximum atomic E-state index is 12.7. The summed E-state index contributed by atoms with van der Waals surface area (Å²) in [5, 5.41) is 0.552. The van der Waals surface area contributed by atoms with Crippen molar-refractivity contribution < 1.29 is 22.3 Å². The van der Waals surface area contributed by atoms with Crippen molar-refractivity contribution in [1.82, 2.24) is 4.98 Å². The van der Waals surface area contributed by atoms with Crippen LogP contribution >= 0.6 is 11.6 Å². The first-order valence-electron chi connectivity index (χ1n) is 8.28. The summed E-state index contributed by atoms with van der Waals surface area (Å²) in [6, 6.07) is 12.3. The van der Waals surface area contributed by atoms with Gasteiger partial charge in [0.15, 0.2) is 21.3 Å². The summed E-state index contributed by atoms with van der Waals surface area (Å²) in [4.78, 5) is 4.28. The molecule has 3 aromatic rings. The lowest BCUT2D eigenvalue weighted by Crippen LogP contribution is -2.17. The minimum Gasteiger partial charge on any atom is -0.486 e. The van der Waals surface area contributed by atoms with E-state index in [-0.39, 0.29) is 11.5 Å². The van der Waals surface area contributed by atoms with Gasteiger partial charge in [-0.25, -0.2) is 13.4 Å². The fourth-order valence-electron chi connectivity index (χ4n) is 2.89. The highest BCUT2D eigenvalue weighted by atomic mass is 35.5. The van der Waals surface area contributed by atoms with Gasteiger partial charge in [-0.1, -0.05) is 29.8 Å². The molecule has 0 saturated carbocycles. The first-order chi connectivity index (χ1) is 13.0. The molecule has 140 valence electrons. The van der Waals surface area contributed by atoms with Gasteiger partial charge in [0.25, 0.3) is 0 Å². The second kappa shape index (κ2) is 7.25. The maximum absolute atomic E-state index is 12.7. The number of hydrogen-bond donors (Lipinski definition) is 0. The number of fused-ring (bicyclic) bond motifs is 1. The number of nitrogens with zero attached hydrogens (tertiary/aromatic N) is 1. The van der Waals surface area contributed by atoms with E-state index in [0.717, 1.165) is 0 Å². The highest BCUT2D eigenvalue weighted by Gasteiger charge is 2.22. The Bertz CT molecular complexity index is 1080. The van der Waals surface area contributed by atoms with E-state index in [4.69, 9.17) is 25.5 Å². The third-order valence-electron chi connectivity index (χ3n) is 4.01. The Labute approximate surface area is 161 Å². The molecule has 0 amide bonds. The van der Waals surface area contributed by atoms with Crippen LogP contribution in [0.5, 0.6) is 11.5 Å². The van der Waals surface area contributed by atoms with Crippen LogP contribution in [0.3, 0.4) is 0 Å². The van der Waals surface area contributed by atoms with Gasteiger partial charge in [-0.05, 0) is 24.3 Å². The number of hydrogen-bond acceptors (Lipinski definition) is 6. The summed E-state index contributed by atoms with van der Waals surface area (Å²) >= 11 is 5.97. The molecule has 2 heterocycles. The summed E-state index contributed by atoms with van der Waals surface area (Å²) in [5.74, 6) is 0.989. The van der Waals surface area contributed by atoms with E-state index in [2.05, 4.69) is 4.98 Å². The molecule has 1 aliphatic heterocycles. The van der Waals surface area contributed by atoms with Gasteiger partial charge in [0, 0.05) is 16.1 Å². The van der Waals surface area contributed by atoms with Crippen molar-refractivity contribution in [2.45, 2.75) is 11.5 Å². The number of ether oxygens (including phenoxy) is 2. The van der Waals surface area contributed by atoms with E-state index < -0.39 is 9.84 Å². The summed E-state index contributed by atoms with van der Waals surface area (Å²) < 4.78 is 41.8. The molecule has 27 heavy (non-hydrogen) atoms. The normalized spacial score (nSPS) is 13.5. The molecule has 0 saturated heterocycles.